The Balaban J connectivity index is 1.73. The number of tetrazole rings is 1. The summed E-state index contributed by atoms with van der Waals surface area (Å²) in [5.74, 6) is 1.38. The van der Waals surface area contributed by atoms with E-state index in [1.165, 1.54) is 15.9 Å². The average Bonchev–Trinajstić information content (AvgIpc) is 2.83. The highest BCUT2D eigenvalue weighted by Crippen LogP contribution is 2.30. The van der Waals surface area contributed by atoms with Gasteiger partial charge in [0, 0.05) is 6.04 Å². The van der Waals surface area contributed by atoms with Crippen LogP contribution in [0.15, 0.2) is 18.2 Å². The van der Waals surface area contributed by atoms with Crippen LogP contribution in [-0.4, -0.2) is 20.2 Å². The van der Waals surface area contributed by atoms with Gasteiger partial charge in [-0.1, -0.05) is 6.07 Å². The first-order valence-corrected chi connectivity index (χ1v) is 6.46. The molecule has 1 atom stereocenters. The number of fused-ring (bicyclic) bond motifs is 1. The van der Waals surface area contributed by atoms with Crippen molar-refractivity contribution in [2.75, 3.05) is 0 Å². The molecule has 2 N–H and O–H groups in total. The molecule has 0 bridgehead atoms. The van der Waals surface area contributed by atoms with Gasteiger partial charge in [-0.3, -0.25) is 0 Å². The topological polar surface area (TPSA) is 78.8 Å². The van der Waals surface area contributed by atoms with E-state index in [0.717, 1.165) is 25.0 Å². The van der Waals surface area contributed by atoms with Crippen LogP contribution in [-0.2, 0) is 20.1 Å². The molecule has 0 spiro atoms. The van der Waals surface area contributed by atoms with E-state index in [-0.39, 0.29) is 6.04 Å². The van der Waals surface area contributed by atoms with Crippen LogP contribution in [0.25, 0.3) is 0 Å². The fourth-order valence-corrected chi connectivity index (χ4v) is 2.43. The number of nitrogens with zero attached hydrogens (tertiary/aromatic N) is 4. The van der Waals surface area contributed by atoms with Gasteiger partial charge in [-0.25, -0.2) is 0 Å². The van der Waals surface area contributed by atoms with Gasteiger partial charge in [-0.15, -0.1) is 10.2 Å². The van der Waals surface area contributed by atoms with Crippen molar-refractivity contribution >= 4 is 0 Å². The van der Waals surface area contributed by atoms with E-state index in [4.69, 9.17) is 10.5 Å². The molecule has 0 aliphatic heterocycles. The van der Waals surface area contributed by atoms with E-state index in [0.29, 0.717) is 12.4 Å². The van der Waals surface area contributed by atoms with Gasteiger partial charge in [0.05, 0.1) is 7.05 Å². The third-order valence-corrected chi connectivity index (χ3v) is 3.40. The second kappa shape index (κ2) is 4.97. The summed E-state index contributed by atoms with van der Waals surface area (Å²) in [7, 11) is 1.73. The number of benzene rings is 1. The number of aryl methyl sites for hydroxylation is 2. The Hall–Kier alpha value is -1.95. The highest BCUT2D eigenvalue weighted by atomic mass is 16.5. The number of nitrogens with two attached hydrogens (primary N) is 1. The summed E-state index contributed by atoms with van der Waals surface area (Å²) in [5.41, 5.74) is 8.67. The lowest BCUT2D eigenvalue weighted by Crippen LogP contribution is -2.17. The maximum Gasteiger partial charge on any atom is 0.212 e. The molecule has 0 fully saturated rings. The minimum atomic E-state index is 0.127. The van der Waals surface area contributed by atoms with Crippen LogP contribution in [0.5, 0.6) is 5.75 Å². The number of hydrogen-bond donors (Lipinski definition) is 1. The van der Waals surface area contributed by atoms with Crippen molar-refractivity contribution in [1.82, 2.24) is 20.2 Å². The first kappa shape index (κ1) is 12.1. The van der Waals surface area contributed by atoms with Crippen LogP contribution >= 0.6 is 0 Å². The van der Waals surface area contributed by atoms with Crippen LogP contribution in [0, 0.1) is 0 Å². The van der Waals surface area contributed by atoms with Gasteiger partial charge in [0.1, 0.15) is 5.75 Å². The lowest BCUT2D eigenvalue weighted by Gasteiger charge is -2.22. The molecule has 0 amide bonds. The van der Waals surface area contributed by atoms with Gasteiger partial charge in [0.15, 0.2) is 6.61 Å². The molecule has 100 valence electrons. The maximum atomic E-state index is 6.13. The number of ether oxygens (including phenoxy) is 1. The Morgan fingerprint density at radius 3 is 3.16 bits per heavy atom. The average molecular weight is 259 g/mol. The Bertz CT molecular complexity index is 580. The molecule has 6 heteroatoms. The summed E-state index contributed by atoms with van der Waals surface area (Å²) in [6.07, 6.45) is 3.31. The van der Waals surface area contributed by atoms with E-state index >= 15 is 0 Å². The van der Waals surface area contributed by atoms with Crippen molar-refractivity contribution in [3.05, 3.63) is 35.2 Å². The van der Waals surface area contributed by atoms with E-state index in [1.54, 1.807) is 7.05 Å². The first-order valence-electron chi connectivity index (χ1n) is 6.46. The molecule has 1 aromatic carbocycles. The first-order chi connectivity index (χ1) is 9.22. The van der Waals surface area contributed by atoms with Gasteiger partial charge in [-0.05, 0) is 47.7 Å². The Kier molecular flexibility index (Phi) is 3.16. The third-order valence-electron chi connectivity index (χ3n) is 3.40. The van der Waals surface area contributed by atoms with Crippen LogP contribution < -0.4 is 10.5 Å². The van der Waals surface area contributed by atoms with Crippen molar-refractivity contribution in [2.45, 2.75) is 31.9 Å². The zero-order valence-corrected chi connectivity index (χ0v) is 10.9. The summed E-state index contributed by atoms with van der Waals surface area (Å²) in [5, 5.41) is 11.7. The minimum Gasteiger partial charge on any atom is -0.485 e. The fraction of sp³-hybridized carbons (Fsp3) is 0.462. The molecule has 0 saturated carbocycles. The van der Waals surface area contributed by atoms with Crippen molar-refractivity contribution in [2.24, 2.45) is 12.8 Å². The molecule has 6 nitrogen and oxygen atoms in total. The minimum absolute atomic E-state index is 0.127. The normalized spacial score (nSPS) is 18.1. The maximum absolute atomic E-state index is 6.13. The van der Waals surface area contributed by atoms with Gasteiger partial charge in [0.25, 0.3) is 0 Å². The molecule has 0 radical (unpaired) electrons. The standard InChI is InChI=1S/C13H17N5O/c1-18-16-13(15-17-18)8-19-10-6-5-9-3-2-4-12(14)11(9)7-10/h5-7,12H,2-4,8,14H2,1H3/t12-/m0/s1. The van der Waals surface area contributed by atoms with E-state index in [1.807, 2.05) is 12.1 Å². The third kappa shape index (κ3) is 2.58. The van der Waals surface area contributed by atoms with Gasteiger partial charge >= 0.3 is 0 Å². The summed E-state index contributed by atoms with van der Waals surface area (Å²) < 4.78 is 5.69. The molecular weight excluding hydrogens is 242 g/mol. The van der Waals surface area contributed by atoms with Crippen LogP contribution in [0.4, 0.5) is 0 Å². The molecular formula is C13H17N5O. The lowest BCUT2D eigenvalue weighted by molar-refractivity contribution is 0.294. The second-order valence-electron chi connectivity index (χ2n) is 4.84. The smallest absolute Gasteiger partial charge is 0.212 e. The van der Waals surface area contributed by atoms with Crippen molar-refractivity contribution < 1.29 is 4.74 Å². The Labute approximate surface area is 111 Å². The van der Waals surface area contributed by atoms with Gasteiger partial charge < -0.3 is 10.5 Å². The van der Waals surface area contributed by atoms with E-state index < -0.39 is 0 Å². The number of hydrogen-bond acceptors (Lipinski definition) is 5. The monoisotopic (exact) mass is 259 g/mol. The quantitative estimate of drug-likeness (QED) is 0.893. The highest BCUT2D eigenvalue weighted by Gasteiger charge is 2.17. The fourth-order valence-electron chi connectivity index (χ4n) is 2.43. The summed E-state index contributed by atoms with van der Waals surface area (Å²) in [6, 6.07) is 6.25. The Morgan fingerprint density at radius 2 is 2.37 bits per heavy atom. The number of aromatic nitrogens is 4. The van der Waals surface area contributed by atoms with Gasteiger partial charge in [0.2, 0.25) is 5.82 Å². The summed E-state index contributed by atoms with van der Waals surface area (Å²) in [4.78, 5) is 1.42. The largest absolute Gasteiger partial charge is 0.485 e. The lowest BCUT2D eigenvalue weighted by atomic mass is 9.88. The molecule has 0 saturated heterocycles. The molecule has 3 rings (SSSR count). The van der Waals surface area contributed by atoms with E-state index in [9.17, 15) is 0 Å². The molecule has 1 heterocycles. The molecule has 1 aliphatic carbocycles. The van der Waals surface area contributed by atoms with Crippen LogP contribution in [0.2, 0.25) is 0 Å². The Morgan fingerprint density at radius 1 is 1.47 bits per heavy atom. The predicted octanol–water partition coefficient (Wildman–Crippen LogP) is 1.13. The molecule has 1 aliphatic rings. The highest BCUT2D eigenvalue weighted by molar-refractivity contribution is 5.39. The zero-order chi connectivity index (χ0) is 13.2. The SMILES string of the molecule is Cn1nnc(COc2ccc3c(c2)[C@@H](N)CCC3)n1. The summed E-state index contributed by atoms with van der Waals surface area (Å²) in [6.45, 7) is 0.321. The van der Waals surface area contributed by atoms with Crippen LogP contribution in [0.3, 0.4) is 0 Å². The zero-order valence-electron chi connectivity index (χ0n) is 10.9. The van der Waals surface area contributed by atoms with Crippen molar-refractivity contribution in [3.63, 3.8) is 0 Å². The molecule has 2 aromatic rings. The summed E-state index contributed by atoms with van der Waals surface area (Å²) >= 11 is 0. The van der Waals surface area contributed by atoms with Crippen molar-refractivity contribution in [1.29, 1.82) is 0 Å². The van der Waals surface area contributed by atoms with E-state index in [2.05, 4.69) is 21.5 Å². The van der Waals surface area contributed by atoms with Crippen molar-refractivity contribution in [3.8, 4) is 5.75 Å². The second-order valence-corrected chi connectivity index (χ2v) is 4.84. The number of rotatable bonds is 3. The van der Waals surface area contributed by atoms with Gasteiger partial charge in [-0.2, -0.15) is 4.80 Å². The predicted molar refractivity (Wildman–Crippen MR) is 69.4 cm³/mol. The molecule has 0 unspecified atom stereocenters. The van der Waals surface area contributed by atoms with Crippen LogP contribution in [0.1, 0.15) is 35.8 Å². The molecule has 19 heavy (non-hydrogen) atoms. The molecule has 1 aromatic heterocycles.